The third-order valence-electron chi connectivity index (χ3n) is 6.07. The van der Waals surface area contributed by atoms with E-state index in [9.17, 15) is 19.8 Å². The molecule has 37 heavy (non-hydrogen) atoms. The lowest BCUT2D eigenvalue weighted by atomic mass is 10.0. The Morgan fingerprint density at radius 3 is 2.19 bits per heavy atom. The average molecular weight is 511 g/mol. The Morgan fingerprint density at radius 2 is 1.65 bits per heavy atom. The maximum atomic E-state index is 11.6. The summed E-state index contributed by atoms with van der Waals surface area (Å²) < 4.78 is 17.0. The molecule has 0 amide bonds. The van der Waals surface area contributed by atoms with Crippen molar-refractivity contribution in [2.24, 2.45) is 0 Å². The maximum Gasteiger partial charge on any atom is 0.347 e. The fourth-order valence-electron chi connectivity index (χ4n) is 4.13. The molecule has 0 aliphatic carbocycles. The van der Waals surface area contributed by atoms with Crippen LogP contribution in [0.25, 0.3) is 11.5 Å². The summed E-state index contributed by atoms with van der Waals surface area (Å²) in [5.74, 6) is 0.341. The summed E-state index contributed by atoms with van der Waals surface area (Å²) in [7, 11) is 1.62. The largest absolute Gasteiger partial charge is 0.496 e. The zero-order valence-electron chi connectivity index (χ0n) is 22.3. The fourth-order valence-corrected chi connectivity index (χ4v) is 4.13. The topological polar surface area (TPSA) is 122 Å². The molecule has 0 spiro atoms. The second-order valence-corrected chi connectivity index (χ2v) is 9.72. The number of oxazole rings is 1. The summed E-state index contributed by atoms with van der Waals surface area (Å²) in [6.07, 6.45) is 0. The van der Waals surface area contributed by atoms with Gasteiger partial charge in [0, 0.05) is 18.7 Å². The molecule has 0 unspecified atom stereocenters. The number of benzene rings is 2. The molecular formula is C28H34N2O7. The first-order valence-corrected chi connectivity index (χ1v) is 11.9. The predicted octanol–water partition coefficient (Wildman–Crippen LogP) is 4.91. The zero-order valence-corrected chi connectivity index (χ0v) is 22.3. The molecule has 9 nitrogen and oxygen atoms in total. The third-order valence-corrected chi connectivity index (χ3v) is 6.07. The molecule has 0 saturated heterocycles. The van der Waals surface area contributed by atoms with Gasteiger partial charge < -0.3 is 24.1 Å². The van der Waals surface area contributed by atoms with E-state index in [-0.39, 0.29) is 13.1 Å². The highest BCUT2D eigenvalue weighted by atomic mass is 16.5. The monoisotopic (exact) mass is 510 g/mol. The number of aliphatic carboxylic acids is 2. The van der Waals surface area contributed by atoms with Crippen LogP contribution in [0, 0.1) is 27.7 Å². The number of hydrogen-bond acceptors (Lipinski definition) is 7. The minimum atomic E-state index is -1.38. The summed E-state index contributed by atoms with van der Waals surface area (Å²) in [6, 6.07) is 9.43. The third kappa shape index (κ3) is 6.68. The summed E-state index contributed by atoms with van der Waals surface area (Å²) in [6.45, 7) is 10.9. The Kier molecular flexibility index (Phi) is 8.28. The molecule has 0 fully saturated rings. The average Bonchev–Trinajstić information content (AvgIpc) is 3.15. The molecule has 0 radical (unpaired) electrons. The van der Waals surface area contributed by atoms with E-state index in [0.29, 0.717) is 29.6 Å². The van der Waals surface area contributed by atoms with E-state index in [1.807, 2.05) is 58.0 Å². The van der Waals surface area contributed by atoms with Gasteiger partial charge in [0.2, 0.25) is 5.89 Å². The number of ether oxygens (including phenoxy) is 2. The minimum Gasteiger partial charge on any atom is -0.496 e. The molecule has 3 rings (SSSR count). The number of hydrogen-bond donors (Lipinski definition) is 2. The van der Waals surface area contributed by atoms with Gasteiger partial charge >= 0.3 is 11.9 Å². The van der Waals surface area contributed by atoms with E-state index < -0.39 is 17.5 Å². The number of aryl methyl sites for hydroxylation is 4. The molecule has 0 atom stereocenters. The number of aromatic nitrogens is 1. The Bertz CT molecular complexity index is 1290. The number of carboxylic acid groups (broad SMARTS) is 2. The highest BCUT2D eigenvalue weighted by Gasteiger charge is 2.30. The van der Waals surface area contributed by atoms with Gasteiger partial charge in [0.1, 0.15) is 17.3 Å². The van der Waals surface area contributed by atoms with Crippen LogP contribution in [0.15, 0.2) is 34.7 Å². The Morgan fingerprint density at radius 1 is 1.00 bits per heavy atom. The molecule has 2 aromatic carbocycles. The molecular weight excluding hydrogens is 476 g/mol. The number of carboxylic acids is 2. The lowest BCUT2D eigenvalue weighted by molar-refractivity contribution is -0.152. The van der Waals surface area contributed by atoms with Crippen LogP contribution < -0.4 is 9.47 Å². The summed E-state index contributed by atoms with van der Waals surface area (Å²) in [5, 5.41) is 18.9. The van der Waals surface area contributed by atoms with Gasteiger partial charge in [-0.3, -0.25) is 9.69 Å². The van der Waals surface area contributed by atoms with E-state index in [0.717, 1.165) is 33.6 Å². The smallest absolute Gasteiger partial charge is 0.347 e. The second-order valence-electron chi connectivity index (χ2n) is 9.72. The van der Waals surface area contributed by atoms with Gasteiger partial charge in [-0.05, 0) is 82.0 Å². The first-order valence-electron chi connectivity index (χ1n) is 11.9. The minimum absolute atomic E-state index is 0.189. The number of methoxy groups -OCH3 is 1. The standard InChI is InChI=1S/C28H34N2O7/c1-16-12-21(8-9-23(16)35-7)26-29-22(19(4)36-26)14-30(15-24(31)32)13-20-10-17(2)25(18(3)11-20)37-28(5,6)27(33)34/h8-12H,13-15H2,1-7H3,(H,31,32)(H,33,34). The molecule has 0 saturated carbocycles. The van der Waals surface area contributed by atoms with Crippen molar-refractivity contribution in [3.8, 4) is 23.0 Å². The van der Waals surface area contributed by atoms with Gasteiger partial charge in [0.15, 0.2) is 5.60 Å². The quantitative estimate of drug-likeness (QED) is 0.370. The van der Waals surface area contributed by atoms with E-state index in [4.69, 9.17) is 13.9 Å². The SMILES string of the molecule is COc1ccc(-c2nc(CN(CC(=O)O)Cc3cc(C)c(OC(C)(C)C(=O)O)c(C)c3)c(C)o2)cc1C. The number of rotatable bonds is 11. The second kappa shape index (κ2) is 11.0. The van der Waals surface area contributed by atoms with Gasteiger partial charge in [-0.15, -0.1) is 0 Å². The fraction of sp³-hybridized carbons (Fsp3) is 0.393. The number of nitrogens with zero attached hydrogens (tertiary/aromatic N) is 2. The van der Waals surface area contributed by atoms with Crippen molar-refractivity contribution in [2.45, 2.75) is 60.2 Å². The van der Waals surface area contributed by atoms with Gasteiger partial charge in [-0.1, -0.05) is 12.1 Å². The normalized spacial score (nSPS) is 11.6. The first kappa shape index (κ1) is 27.7. The molecule has 1 aromatic heterocycles. The molecule has 0 bridgehead atoms. The van der Waals surface area contributed by atoms with E-state index in [2.05, 4.69) is 4.98 Å². The van der Waals surface area contributed by atoms with E-state index >= 15 is 0 Å². The van der Waals surface area contributed by atoms with Crippen LogP contribution in [0.4, 0.5) is 0 Å². The van der Waals surface area contributed by atoms with Gasteiger partial charge in [0.05, 0.1) is 19.3 Å². The molecule has 0 aliphatic heterocycles. The molecule has 9 heteroatoms. The van der Waals surface area contributed by atoms with Crippen LogP contribution in [0.1, 0.15) is 47.6 Å². The van der Waals surface area contributed by atoms with Gasteiger partial charge in [-0.25, -0.2) is 9.78 Å². The van der Waals surface area contributed by atoms with Crippen LogP contribution in [0.5, 0.6) is 11.5 Å². The van der Waals surface area contributed by atoms with Crippen LogP contribution in [-0.2, 0) is 22.7 Å². The van der Waals surface area contributed by atoms with Crippen LogP contribution >= 0.6 is 0 Å². The highest BCUT2D eigenvalue weighted by Crippen LogP contribution is 2.30. The Balaban J connectivity index is 1.84. The molecule has 198 valence electrons. The lowest BCUT2D eigenvalue weighted by Crippen LogP contribution is -2.38. The Labute approximate surface area is 216 Å². The van der Waals surface area contributed by atoms with Crippen molar-refractivity contribution in [3.63, 3.8) is 0 Å². The lowest BCUT2D eigenvalue weighted by Gasteiger charge is -2.25. The van der Waals surface area contributed by atoms with Crippen molar-refractivity contribution in [2.75, 3.05) is 13.7 Å². The summed E-state index contributed by atoms with van der Waals surface area (Å²) in [4.78, 5) is 29.6. The summed E-state index contributed by atoms with van der Waals surface area (Å²) in [5.41, 5.74) is 3.46. The number of carbonyl (C=O) groups is 2. The molecule has 2 N–H and O–H groups in total. The highest BCUT2D eigenvalue weighted by molar-refractivity contribution is 5.77. The van der Waals surface area contributed by atoms with Crippen LogP contribution in [0.2, 0.25) is 0 Å². The van der Waals surface area contributed by atoms with Gasteiger partial charge in [0.25, 0.3) is 0 Å². The van der Waals surface area contributed by atoms with E-state index in [1.54, 1.807) is 12.0 Å². The van der Waals surface area contributed by atoms with Crippen molar-refractivity contribution in [1.82, 2.24) is 9.88 Å². The van der Waals surface area contributed by atoms with Gasteiger partial charge in [-0.2, -0.15) is 0 Å². The van der Waals surface area contributed by atoms with Crippen molar-refractivity contribution >= 4 is 11.9 Å². The predicted molar refractivity (Wildman–Crippen MR) is 138 cm³/mol. The molecule has 0 aliphatic rings. The molecule has 1 heterocycles. The van der Waals surface area contributed by atoms with Crippen molar-refractivity contribution in [1.29, 1.82) is 0 Å². The zero-order chi connectivity index (χ0) is 27.5. The van der Waals surface area contributed by atoms with Crippen LogP contribution in [0.3, 0.4) is 0 Å². The Hall–Kier alpha value is -3.85. The van der Waals surface area contributed by atoms with Crippen molar-refractivity contribution in [3.05, 3.63) is 64.0 Å². The van der Waals surface area contributed by atoms with Crippen molar-refractivity contribution < 1.29 is 33.7 Å². The summed E-state index contributed by atoms with van der Waals surface area (Å²) >= 11 is 0. The molecule has 3 aromatic rings. The van der Waals surface area contributed by atoms with Crippen LogP contribution in [-0.4, -0.2) is 51.3 Å². The van der Waals surface area contributed by atoms with E-state index in [1.165, 1.54) is 13.8 Å². The maximum absolute atomic E-state index is 11.6. The first-order chi connectivity index (χ1) is 17.3.